The summed E-state index contributed by atoms with van der Waals surface area (Å²) in [6, 6.07) is 14.9. The summed E-state index contributed by atoms with van der Waals surface area (Å²) in [6.45, 7) is 2.34. The molecule has 0 aliphatic rings. The number of carbonyl (C=O) groups is 1. The smallest absolute Gasteiger partial charge is 0.279 e. The van der Waals surface area contributed by atoms with Crippen molar-refractivity contribution >= 4 is 34.8 Å². The van der Waals surface area contributed by atoms with Crippen molar-refractivity contribution in [2.75, 3.05) is 11.9 Å². The van der Waals surface area contributed by atoms with Gasteiger partial charge in [-0.05, 0) is 31.2 Å². The summed E-state index contributed by atoms with van der Waals surface area (Å²) in [7, 11) is 0. The van der Waals surface area contributed by atoms with E-state index in [1.807, 2.05) is 36.5 Å². The molecule has 2 aromatic rings. The highest BCUT2D eigenvalue weighted by Gasteiger charge is 2.14. The Morgan fingerprint density at radius 3 is 2.67 bits per heavy atom. The topological polar surface area (TPSA) is 45.7 Å². The second-order valence-electron chi connectivity index (χ2n) is 4.81. The third-order valence-corrected chi connectivity index (χ3v) is 3.74. The molecule has 0 radical (unpaired) electrons. The van der Waals surface area contributed by atoms with Gasteiger partial charge in [0, 0.05) is 21.3 Å². The fraction of sp³-hybridized carbons (Fsp3) is 0.188. The van der Waals surface area contributed by atoms with E-state index >= 15 is 0 Å². The Morgan fingerprint density at radius 2 is 1.95 bits per heavy atom. The molecule has 0 aliphatic heterocycles. The van der Waals surface area contributed by atoms with Crippen LogP contribution < -0.4 is 10.6 Å². The summed E-state index contributed by atoms with van der Waals surface area (Å²) in [6.07, 6.45) is 0. The Morgan fingerprint density at radius 1 is 1.19 bits per heavy atom. The number of anilines is 1. The molecule has 1 amide bonds. The van der Waals surface area contributed by atoms with Gasteiger partial charge in [0.05, 0.1) is 0 Å². The summed E-state index contributed by atoms with van der Waals surface area (Å²) in [5.74, 6) is -0.0730. The molecule has 2 rings (SSSR count). The first kappa shape index (κ1) is 15.8. The van der Waals surface area contributed by atoms with Crippen molar-refractivity contribution in [2.45, 2.75) is 13.0 Å². The quantitative estimate of drug-likeness (QED) is 0.871. The van der Waals surface area contributed by atoms with Gasteiger partial charge in [-0.2, -0.15) is 0 Å². The standard InChI is InChI=1S/C16H16Cl2N2O/c1-11(14-7-2-3-8-15(14)18)19-10-16(21)20-13-6-4-5-12(17)9-13/h2-9,11,19H,10H2,1H3,(H,20,21)/p+1/t11-/m1/s1. The first-order valence-electron chi connectivity index (χ1n) is 6.69. The lowest BCUT2D eigenvalue weighted by Crippen LogP contribution is -2.86. The summed E-state index contributed by atoms with van der Waals surface area (Å²) in [5, 5.41) is 6.08. The largest absolute Gasteiger partial charge is 0.332 e. The Balaban J connectivity index is 1.88. The molecule has 3 nitrogen and oxygen atoms in total. The molecule has 0 saturated carbocycles. The van der Waals surface area contributed by atoms with Crippen LogP contribution in [-0.2, 0) is 4.79 Å². The van der Waals surface area contributed by atoms with E-state index < -0.39 is 0 Å². The van der Waals surface area contributed by atoms with Gasteiger partial charge < -0.3 is 10.6 Å². The number of halogens is 2. The Bertz CT molecular complexity index is 631. The molecule has 0 saturated heterocycles. The molecule has 21 heavy (non-hydrogen) atoms. The molecular formula is C16H17Cl2N2O+. The fourth-order valence-corrected chi connectivity index (χ4v) is 2.53. The maximum absolute atomic E-state index is 11.9. The van der Waals surface area contributed by atoms with Crippen LogP contribution in [0, 0.1) is 0 Å². The van der Waals surface area contributed by atoms with Crippen LogP contribution in [0.5, 0.6) is 0 Å². The number of hydrogen-bond acceptors (Lipinski definition) is 1. The lowest BCUT2D eigenvalue weighted by Gasteiger charge is -2.12. The van der Waals surface area contributed by atoms with Crippen molar-refractivity contribution in [3.8, 4) is 0 Å². The number of amides is 1. The number of quaternary nitrogens is 1. The van der Waals surface area contributed by atoms with Gasteiger partial charge in [-0.1, -0.05) is 47.5 Å². The maximum atomic E-state index is 11.9. The molecule has 0 aromatic heterocycles. The van der Waals surface area contributed by atoms with Crippen molar-refractivity contribution in [3.05, 3.63) is 64.1 Å². The minimum atomic E-state index is -0.0730. The fourth-order valence-electron chi connectivity index (χ4n) is 2.03. The Kier molecular flexibility index (Phi) is 5.62. The third-order valence-electron chi connectivity index (χ3n) is 3.16. The number of nitrogens with two attached hydrogens (primary N) is 1. The summed E-state index contributed by atoms with van der Waals surface area (Å²) in [4.78, 5) is 11.9. The zero-order valence-corrected chi connectivity index (χ0v) is 13.2. The summed E-state index contributed by atoms with van der Waals surface area (Å²) < 4.78 is 0. The monoisotopic (exact) mass is 323 g/mol. The lowest BCUT2D eigenvalue weighted by molar-refractivity contribution is -0.682. The predicted octanol–water partition coefficient (Wildman–Crippen LogP) is 3.26. The SMILES string of the molecule is C[C@@H]([NH2+]CC(=O)Nc1cccc(Cl)c1)c1ccccc1Cl. The van der Waals surface area contributed by atoms with Gasteiger partial charge >= 0.3 is 0 Å². The summed E-state index contributed by atoms with van der Waals surface area (Å²) in [5.41, 5.74) is 1.72. The number of rotatable bonds is 5. The van der Waals surface area contributed by atoms with E-state index in [2.05, 4.69) is 5.32 Å². The van der Waals surface area contributed by atoms with Crippen molar-refractivity contribution in [2.24, 2.45) is 0 Å². The van der Waals surface area contributed by atoms with Gasteiger partial charge in [-0.3, -0.25) is 4.79 Å². The highest BCUT2D eigenvalue weighted by molar-refractivity contribution is 6.31. The highest BCUT2D eigenvalue weighted by Crippen LogP contribution is 2.19. The third kappa shape index (κ3) is 4.74. The van der Waals surface area contributed by atoms with Crippen LogP contribution in [0.25, 0.3) is 0 Å². The minimum absolute atomic E-state index is 0.0730. The molecule has 0 unspecified atom stereocenters. The maximum Gasteiger partial charge on any atom is 0.279 e. The van der Waals surface area contributed by atoms with E-state index in [1.54, 1.807) is 24.3 Å². The number of benzene rings is 2. The van der Waals surface area contributed by atoms with Crippen LogP contribution in [0.15, 0.2) is 48.5 Å². The number of nitrogens with one attached hydrogen (secondary N) is 1. The van der Waals surface area contributed by atoms with E-state index in [-0.39, 0.29) is 11.9 Å². The Hall–Kier alpha value is -1.55. The van der Waals surface area contributed by atoms with Crippen LogP contribution >= 0.6 is 23.2 Å². The second-order valence-corrected chi connectivity index (χ2v) is 5.65. The first-order valence-corrected chi connectivity index (χ1v) is 7.45. The zero-order valence-electron chi connectivity index (χ0n) is 11.6. The van der Waals surface area contributed by atoms with E-state index in [1.165, 1.54) is 0 Å². The van der Waals surface area contributed by atoms with Crippen molar-refractivity contribution < 1.29 is 10.1 Å². The zero-order chi connectivity index (χ0) is 15.2. The molecule has 110 valence electrons. The second kappa shape index (κ2) is 7.46. The normalized spacial score (nSPS) is 12.0. The lowest BCUT2D eigenvalue weighted by atomic mass is 10.1. The highest BCUT2D eigenvalue weighted by atomic mass is 35.5. The molecule has 3 N–H and O–H groups in total. The van der Waals surface area contributed by atoms with Gasteiger partial charge in [0.25, 0.3) is 5.91 Å². The molecule has 0 spiro atoms. The predicted molar refractivity (Wildman–Crippen MR) is 86.7 cm³/mol. The summed E-state index contributed by atoms with van der Waals surface area (Å²) >= 11 is 12.0. The molecule has 0 fully saturated rings. The van der Waals surface area contributed by atoms with E-state index in [0.717, 1.165) is 10.6 Å². The Labute approximate surface area is 134 Å². The van der Waals surface area contributed by atoms with Gasteiger partial charge in [-0.25, -0.2) is 0 Å². The number of carbonyl (C=O) groups excluding carboxylic acids is 1. The molecule has 0 heterocycles. The van der Waals surface area contributed by atoms with Crippen LogP contribution in [0.2, 0.25) is 10.0 Å². The van der Waals surface area contributed by atoms with Crippen molar-refractivity contribution in [1.82, 2.24) is 0 Å². The van der Waals surface area contributed by atoms with Crippen molar-refractivity contribution in [3.63, 3.8) is 0 Å². The van der Waals surface area contributed by atoms with Crippen LogP contribution in [0.1, 0.15) is 18.5 Å². The van der Waals surface area contributed by atoms with Gasteiger partial charge in [0.2, 0.25) is 0 Å². The van der Waals surface area contributed by atoms with Gasteiger partial charge in [0.15, 0.2) is 6.54 Å². The van der Waals surface area contributed by atoms with Crippen LogP contribution in [0.3, 0.4) is 0 Å². The molecule has 0 aliphatic carbocycles. The molecule has 2 aromatic carbocycles. The van der Waals surface area contributed by atoms with Gasteiger partial charge in [0.1, 0.15) is 6.04 Å². The average Bonchev–Trinajstić information content (AvgIpc) is 2.45. The van der Waals surface area contributed by atoms with E-state index in [0.29, 0.717) is 17.3 Å². The number of hydrogen-bond donors (Lipinski definition) is 2. The first-order chi connectivity index (χ1) is 10.1. The molecular weight excluding hydrogens is 307 g/mol. The molecule has 1 atom stereocenters. The minimum Gasteiger partial charge on any atom is -0.332 e. The van der Waals surface area contributed by atoms with E-state index in [4.69, 9.17) is 23.2 Å². The average molecular weight is 324 g/mol. The van der Waals surface area contributed by atoms with Crippen molar-refractivity contribution in [1.29, 1.82) is 0 Å². The molecule has 0 bridgehead atoms. The van der Waals surface area contributed by atoms with E-state index in [9.17, 15) is 4.79 Å². The van der Waals surface area contributed by atoms with Crippen LogP contribution in [-0.4, -0.2) is 12.5 Å². The van der Waals surface area contributed by atoms with Crippen LogP contribution in [0.4, 0.5) is 5.69 Å². The van der Waals surface area contributed by atoms with Gasteiger partial charge in [-0.15, -0.1) is 0 Å². The molecule has 5 heteroatoms.